The van der Waals surface area contributed by atoms with Gasteiger partial charge in [-0.15, -0.1) is 0 Å². The maximum Gasteiger partial charge on any atom is 0.335 e. The van der Waals surface area contributed by atoms with E-state index in [9.17, 15) is 9.59 Å². The summed E-state index contributed by atoms with van der Waals surface area (Å²) in [5.41, 5.74) is 1.13. The number of benzene rings is 1. The topological polar surface area (TPSA) is 69.6 Å². The molecule has 0 atom stereocenters. The molecule has 0 saturated heterocycles. The molecular formula is C15H22N2O3. The average Bonchev–Trinajstić information content (AvgIpc) is 2.45. The Labute approximate surface area is 119 Å². The summed E-state index contributed by atoms with van der Waals surface area (Å²) < 4.78 is 0. The molecule has 0 saturated carbocycles. The third-order valence-electron chi connectivity index (χ3n) is 2.92. The van der Waals surface area contributed by atoms with Gasteiger partial charge in [-0.2, -0.15) is 0 Å². The summed E-state index contributed by atoms with van der Waals surface area (Å²) in [7, 11) is 0. The Bertz CT molecular complexity index is 437. The fourth-order valence-corrected chi connectivity index (χ4v) is 1.91. The Hall–Kier alpha value is -2.04. The van der Waals surface area contributed by atoms with E-state index in [4.69, 9.17) is 5.11 Å². The van der Waals surface area contributed by atoms with Gasteiger partial charge in [-0.25, -0.2) is 9.59 Å². The summed E-state index contributed by atoms with van der Waals surface area (Å²) in [6.45, 7) is 5.99. The number of urea groups is 1. The van der Waals surface area contributed by atoms with Crippen molar-refractivity contribution in [1.82, 2.24) is 10.2 Å². The lowest BCUT2D eigenvalue weighted by Crippen LogP contribution is -2.40. The monoisotopic (exact) mass is 278 g/mol. The van der Waals surface area contributed by atoms with Crippen LogP contribution in [0.25, 0.3) is 0 Å². The van der Waals surface area contributed by atoms with Crippen LogP contribution in [0, 0.1) is 0 Å². The van der Waals surface area contributed by atoms with E-state index in [2.05, 4.69) is 5.32 Å². The molecule has 1 rings (SSSR count). The molecular weight excluding hydrogens is 256 g/mol. The fourth-order valence-electron chi connectivity index (χ4n) is 1.91. The first-order chi connectivity index (χ1) is 9.58. The number of carboxylic acids is 1. The molecule has 1 aromatic carbocycles. The van der Waals surface area contributed by atoms with Crippen LogP contribution in [0.4, 0.5) is 4.79 Å². The van der Waals surface area contributed by atoms with Crippen LogP contribution in [-0.4, -0.2) is 35.1 Å². The third kappa shape index (κ3) is 4.91. The molecule has 20 heavy (non-hydrogen) atoms. The molecule has 5 heteroatoms. The van der Waals surface area contributed by atoms with Crippen LogP contribution in [0.15, 0.2) is 24.3 Å². The van der Waals surface area contributed by atoms with Crippen molar-refractivity contribution in [2.24, 2.45) is 0 Å². The first-order valence-corrected chi connectivity index (χ1v) is 6.93. The van der Waals surface area contributed by atoms with Crippen molar-refractivity contribution in [2.45, 2.75) is 33.2 Å². The molecule has 2 amide bonds. The molecule has 110 valence electrons. The van der Waals surface area contributed by atoms with Gasteiger partial charge in [-0.3, -0.25) is 0 Å². The van der Waals surface area contributed by atoms with Crippen LogP contribution >= 0.6 is 0 Å². The highest BCUT2D eigenvalue weighted by molar-refractivity contribution is 5.87. The Morgan fingerprint density at radius 1 is 1.10 bits per heavy atom. The molecule has 0 aliphatic heterocycles. The summed E-state index contributed by atoms with van der Waals surface area (Å²) in [5, 5.41) is 11.7. The lowest BCUT2D eigenvalue weighted by molar-refractivity contribution is 0.0697. The molecule has 0 heterocycles. The highest BCUT2D eigenvalue weighted by Crippen LogP contribution is 2.05. The predicted molar refractivity (Wildman–Crippen MR) is 77.8 cm³/mol. The van der Waals surface area contributed by atoms with Crippen LogP contribution in [0.1, 0.15) is 42.6 Å². The minimum atomic E-state index is -0.947. The zero-order valence-electron chi connectivity index (χ0n) is 12.1. The molecule has 0 aliphatic carbocycles. The number of hydrogen-bond donors (Lipinski definition) is 2. The lowest BCUT2D eigenvalue weighted by atomic mass is 10.1. The fraction of sp³-hybridized carbons (Fsp3) is 0.467. The lowest BCUT2D eigenvalue weighted by Gasteiger charge is -2.21. The Kier molecular flexibility index (Phi) is 6.56. The number of nitrogens with zero attached hydrogens (tertiary/aromatic N) is 1. The maximum absolute atomic E-state index is 12.0. The molecule has 2 N–H and O–H groups in total. The van der Waals surface area contributed by atoms with Crippen molar-refractivity contribution in [3.8, 4) is 0 Å². The second-order valence-corrected chi connectivity index (χ2v) is 4.65. The van der Waals surface area contributed by atoms with Gasteiger partial charge in [-0.05, 0) is 30.5 Å². The minimum absolute atomic E-state index is 0.0731. The molecule has 0 unspecified atom stereocenters. The second kappa shape index (κ2) is 8.19. The van der Waals surface area contributed by atoms with Crippen molar-refractivity contribution in [3.63, 3.8) is 0 Å². The Balaban J connectivity index is 2.52. The summed E-state index contributed by atoms with van der Waals surface area (Å²) in [5.74, 6) is -0.947. The van der Waals surface area contributed by atoms with Crippen molar-refractivity contribution in [1.29, 1.82) is 0 Å². The van der Waals surface area contributed by atoms with E-state index >= 15 is 0 Å². The van der Waals surface area contributed by atoms with E-state index in [1.165, 1.54) is 0 Å². The Morgan fingerprint density at radius 2 is 1.65 bits per heavy atom. The largest absolute Gasteiger partial charge is 0.478 e. The van der Waals surface area contributed by atoms with Gasteiger partial charge in [-0.1, -0.05) is 26.0 Å². The van der Waals surface area contributed by atoms with Crippen LogP contribution in [0.3, 0.4) is 0 Å². The van der Waals surface area contributed by atoms with E-state index in [1.807, 2.05) is 13.8 Å². The molecule has 5 nitrogen and oxygen atoms in total. The highest BCUT2D eigenvalue weighted by atomic mass is 16.4. The van der Waals surface area contributed by atoms with E-state index in [0.717, 1.165) is 31.5 Å². The number of rotatable bonds is 7. The van der Waals surface area contributed by atoms with Gasteiger partial charge < -0.3 is 15.3 Å². The molecule has 0 bridgehead atoms. The van der Waals surface area contributed by atoms with Crippen molar-refractivity contribution < 1.29 is 14.7 Å². The van der Waals surface area contributed by atoms with Crippen LogP contribution in [-0.2, 0) is 6.54 Å². The minimum Gasteiger partial charge on any atom is -0.478 e. The van der Waals surface area contributed by atoms with Gasteiger partial charge in [0.15, 0.2) is 0 Å². The van der Waals surface area contributed by atoms with Crippen molar-refractivity contribution in [3.05, 3.63) is 35.4 Å². The quantitative estimate of drug-likeness (QED) is 0.805. The maximum atomic E-state index is 12.0. The number of carbonyl (C=O) groups is 2. The molecule has 0 aliphatic rings. The van der Waals surface area contributed by atoms with E-state index in [1.54, 1.807) is 29.2 Å². The van der Waals surface area contributed by atoms with Crippen molar-refractivity contribution in [2.75, 3.05) is 13.1 Å². The molecule has 0 fully saturated rings. The SMILES string of the molecule is CCCN(CCC)C(=O)NCc1ccc(C(=O)O)cc1. The molecule has 1 aromatic rings. The van der Waals surface area contributed by atoms with Gasteiger partial charge in [0.25, 0.3) is 0 Å². The van der Waals surface area contributed by atoms with E-state index in [-0.39, 0.29) is 11.6 Å². The number of carbonyl (C=O) groups excluding carboxylic acids is 1. The van der Waals surface area contributed by atoms with Gasteiger partial charge >= 0.3 is 12.0 Å². The van der Waals surface area contributed by atoms with E-state index < -0.39 is 5.97 Å². The van der Waals surface area contributed by atoms with Crippen LogP contribution < -0.4 is 5.32 Å². The molecule has 0 spiro atoms. The van der Waals surface area contributed by atoms with Crippen LogP contribution in [0.2, 0.25) is 0 Å². The number of amides is 2. The van der Waals surface area contributed by atoms with Gasteiger partial charge in [0.1, 0.15) is 0 Å². The van der Waals surface area contributed by atoms with E-state index in [0.29, 0.717) is 6.54 Å². The normalized spacial score (nSPS) is 10.1. The zero-order chi connectivity index (χ0) is 15.0. The van der Waals surface area contributed by atoms with Gasteiger partial charge in [0, 0.05) is 19.6 Å². The smallest absolute Gasteiger partial charge is 0.335 e. The summed E-state index contributed by atoms with van der Waals surface area (Å²) in [6.07, 6.45) is 1.86. The highest BCUT2D eigenvalue weighted by Gasteiger charge is 2.10. The number of hydrogen-bond acceptors (Lipinski definition) is 2. The first kappa shape index (κ1) is 16.0. The number of nitrogens with one attached hydrogen (secondary N) is 1. The molecule has 0 aromatic heterocycles. The second-order valence-electron chi connectivity index (χ2n) is 4.65. The van der Waals surface area contributed by atoms with Crippen LogP contribution in [0.5, 0.6) is 0 Å². The number of aromatic carboxylic acids is 1. The number of carboxylic acid groups (broad SMARTS) is 1. The average molecular weight is 278 g/mol. The zero-order valence-corrected chi connectivity index (χ0v) is 12.1. The molecule has 0 radical (unpaired) electrons. The van der Waals surface area contributed by atoms with Gasteiger partial charge in [0.05, 0.1) is 5.56 Å². The van der Waals surface area contributed by atoms with Gasteiger partial charge in [0.2, 0.25) is 0 Å². The first-order valence-electron chi connectivity index (χ1n) is 6.93. The third-order valence-corrected chi connectivity index (χ3v) is 2.92. The summed E-state index contributed by atoms with van der Waals surface area (Å²) in [6, 6.07) is 6.44. The summed E-state index contributed by atoms with van der Waals surface area (Å²) >= 11 is 0. The Morgan fingerprint density at radius 3 is 2.10 bits per heavy atom. The van der Waals surface area contributed by atoms with Crippen molar-refractivity contribution >= 4 is 12.0 Å². The standard InChI is InChI=1S/C15H22N2O3/c1-3-9-17(10-4-2)15(20)16-11-12-5-7-13(8-6-12)14(18)19/h5-8H,3-4,9-11H2,1-2H3,(H,16,20)(H,18,19). The summed E-state index contributed by atoms with van der Waals surface area (Å²) in [4.78, 5) is 24.5. The predicted octanol–water partition coefficient (Wildman–Crippen LogP) is 2.72.